The van der Waals surface area contributed by atoms with Gasteiger partial charge in [-0.2, -0.15) is 0 Å². The monoisotopic (exact) mass is 419 g/mol. The van der Waals surface area contributed by atoms with E-state index in [1.165, 1.54) is 9.25 Å². The average molecular weight is 419 g/mol. The summed E-state index contributed by atoms with van der Waals surface area (Å²) in [5.41, 5.74) is -0.702. The van der Waals surface area contributed by atoms with E-state index in [0.29, 0.717) is 18.0 Å². The standard InChI is InChI=1S/C23H21N3O5/c27-15-8-9-16-17(12-15)30-22(10-4-5-11-22)19-23(16)18(31-23)13-24-20(28)25(21(29)26(19)24)14-6-2-1-3-7-14/h1-3,6-9,12,18-19,27H,4-5,10-11,13H2/t18-,19+,23-/m0/s1. The van der Waals surface area contributed by atoms with Crippen LogP contribution in [0.15, 0.2) is 58.1 Å². The molecule has 1 aromatic heterocycles. The van der Waals surface area contributed by atoms with Crippen LogP contribution in [-0.4, -0.2) is 30.7 Å². The molecule has 2 aromatic carbocycles. The van der Waals surface area contributed by atoms with E-state index < -0.39 is 17.2 Å². The number of aromatic nitrogens is 3. The van der Waals surface area contributed by atoms with E-state index in [9.17, 15) is 14.7 Å². The van der Waals surface area contributed by atoms with Crippen molar-refractivity contribution in [2.45, 2.75) is 55.6 Å². The Morgan fingerprint density at radius 1 is 1.00 bits per heavy atom. The first-order chi connectivity index (χ1) is 15.1. The van der Waals surface area contributed by atoms with Gasteiger partial charge in [0.25, 0.3) is 0 Å². The molecule has 158 valence electrons. The van der Waals surface area contributed by atoms with Crippen molar-refractivity contribution >= 4 is 0 Å². The SMILES string of the molecule is O=c1n(-c2ccccc2)c(=O)n2n1C[C@@H]1O[C@@]13c1ccc(O)cc1OC1(CCCC1)[C@@H]23. The zero-order valence-electron chi connectivity index (χ0n) is 16.7. The Labute approximate surface area is 176 Å². The second-order valence-electron chi connectivity index (χ2n) is 9.02. The summed E-state index contributed by atoms with van der Waals surface area (Å²) in [5.74, 6) is 0.756. The van der Waals surface area contributed by atoms with Crippen molar-refractivity contribution in [2.75, 3.05) is 0 Å². The second kappa shape index (κ2) is 5.50. The highest BCUT2D eigenvalue weighted by molar-refractivity contribution is 5.51. The molecule has 2 spiro atoms. The first-order valence-electron chi connectivity index (χ1n) is 10.8. The van der Waals surface area contributed by atoms with Crippen molar-refractivity contribution in [1.82, 2.24) is 13.9 Å². The lowest BCUT2D eigenvalue weighted by atomic mass is 9.73. The van der Waals surface area contributed by atoms with Gasteiger partial charge in [-0.15, -0.1) is 0 Å². The predicted octanol–water partition coefficient (Wildman–Crippen LogP) is 2.06. The number of ether oxygens (including phenoxy) is 2. The Balaban J connectivity index is 1.52. The van der Waals surface area contributed by atoms with Crippen LogP contribution in [0.5, 0.6) is 11.5 Å². The number of nitrogens with zero attached hydrogens (tertiary/aromatic N) is 3. The minimum Gasteiger partial charge on any atom is -0.508 e. The molecule has 7 rings (SSSR count). The van der Waals surface area contributed by atoms with Gasteiger partial charge >= 0.3 is 11.4 Å². The van der Waals surface area contributed by atoms with Crippen LogP contribution in [0.25, 0.3) is 5.69 Å². The molecule has 0 radical (unpaired) electrons. The van der Waals surface area contributed by atoms with Crippen molar-refractivity contribution in [3.63, 3.8) is 0 Å². The van der Waals surface area contributed by atoms with E-state index in [1.807, 2.05) is 24.3 Å². The Bertz CT molecular complexity index is 1350. The fourth-order valence-corrected chi connectivity index (χ4v) is 6.20. The third kappa shape index (κ3) is 1.99. The fraction of sp³-hybridized carbons (Fsp3) is 0.391. The molecule has 8 nitrogen and oxygen atoms in total. The maximum atomic E-state index is 13.7. The normalized spacial score (nSPS) is 28.9. The highest BCUT2D eigenvalue weighted by atomic mass is 16.6. The Kier molecular flexibility index (Phi) is 3.09. The molecular formula is C23H21N3O5. The Hall–Kier alpha value is -3.26. The number of epoxide rings is 1. The van der Waals surface area contributed by atoms with Crippen molar-refractivity contribution in [2.24, 2.45) is 0 Å². The molecule has 0 unspecified atom stereocenters. The summed E-state index contributed by atoms with van der Waals surface area (Å²) in [6.07, 6.45) is 3.27. The number of hydrogen-bond acceptors (Lipinski definition) is 5. The maximum absolute atomic E-state index is 13.7. The summed E-state index contributed by atoms with van der Waals surface area (Å²) in [4.78, 5) is 27.1. The average Bonchev–Trinajstić information content (AvgIpc) is 3.21. The zero-order valence-corrected chi connectivity index (χ0v) is 16.7. The van der Waals surface area contributed by atoms with Crippen molar-refractivity contribution in [3.05, 3.63) is 75.1 Å². The molecule has 1 N–H and O–H groups in total. The van der Waals surface area contributed by atoms with Gasteiger partial charge in [-0.1, -0.05) is 18.2 Å². The first-order valence-corrected chi connectivity index (χ1v) is 10.8. The van der Waals surface area contributed by atoms with Gasteiger partial charge in [0.1, 0.15) is 29.2 Å². The highest BCUT2D eigenvalue weighted by Gasteiger charge is 2.75. The van der Waals surface area contributed by atoms with Crippen LogP contribution >= 0.6 is 0 Å². The van der Waals surface area contributed by atoms with Crippen LogP contribution in [0, 0.1) is 0 Å². The molecule has 3 aliphatic heterocycles. The summed E-state index contributed by atoms with van der Waals surface area (Å²) in [6, 6.07) is 13.7. The summed E-state index contributed by atoms with van der Waals surface area (Å²) in [5, 5.41) is 10.1. The number of phenols is 1. The second-order valence-corrected chi connectivity index (χ2v) is 9.02. The van der Waals surface area contributed by atoms with Crippen LogP contribution in [0.4, 0.5) is 0 Å². The lowest BCUT2D eigenvalue weighted by Crippen LogP contribution is -2.58. The molecule has 31 heavy (non-hydrogen) atoms. The van der Waals surface area contributed by atoms with Gasteiger partial charge in [0, 0.05) is 11.6 Å². The molecule has 1 saturated heterocycles. The number of rotatable bonds is 1. The van der Waals surface area contributed by atoms with Gasteiger partial charge in [0.15, 0.2) is 5.60 Å². The molecule has 0 bridgehead atoms. The third-order valence-electron chi connectivity index (χ3n) is 7.47. The quantitative estimate of drug-likeness (QED) is 0.610. The molecule has 3 atom stereocenters. The van der Waals surface area contributed by atoms with Crippen LogP contribution in [0.1, 0.15) is 37.3 Å². The van der Waals surface area contributed by atoms with E-state index in [4.69, 9.17) is 9.47 Å². The lowest BCUT2D eigenvalue weighted by Gasteiger charge is -2.47. The number of aromatic hydroxyl groups is 1. The Morgan fingerprint density at radius 3 is 2.55 bits per heavy atom. The summed E-state index contributed by atoms with van der Waals surface area (Å²) < 4.78 is 17.3. The van der Waals surface area contributed by atoms with Gasteiger partial charge in [-0.3, -0.25) is 0 Å². The van der Waals surface area contributed by atoms with Crippen molar-refractivity contribution in [1.29, 1.82) is 0 Å². The van der Waals surface area contributed by atoms with E-state index in [1.54, 1.807) is 28.9 Å². The Morgan fingerprint density at radius 2 is 1.77 bits per heavy atom. The van der Waals surface area contributed by atoms with Crippen LogP contribution in [0.3, 0.4) is 0 Å². The minimum atomic E-state index is -0.717. The van der Waals surface area contributed by atoms with Crippen molar-refractivity contribution < 1.29 is 14.6 Å². The summed E-state index contributed by atoms with van der Waals surface area (Å²) >= 11 is 0. The topological polar surface area (TPSA) is 90.9 Å². The van der Waals surface area contributed by atoms with Gasteiger partial charge < -0.3 is 14.6 Å². The molecule has 4 heterocycles. The highest BCUT2D eigenvalue weighted by Crippen LogP contribution is 2.67. The molecule has 1 aliphatic carbocycles. The number of fused-ring (bicyclic) bond motifs is 4. The van der Waals surface area contributed by atoms with E-state index >= 15 is 0 Å². The van der Waals surface area contributed by atoms with E-state index in [0.717, 1.165) is 31.2 Å². The first kappa shape index (κ1) is 17.4. The van der Waals surface area contributed by atoms with E-state index in [-0.39, 0.29) is 23.2 Å². The molecule has 2 fully saturated rings. The smallest absolute Gasteiger partial charge is 0.352 e. The molecule has 4 aliphatic rings. The van der Waals surface area contributed by atoms with E-state index in [2.05, 4.69) is 0 Å². The lowest BCUT2D eigenvalue weighted by molar-refractivity contribution is -0.0543. The van der Waals surface area contributed by atoms with Crippen LogP contribution in [0.2, 0.25) is 0 Å². The molecular weight excluding hydrogens is 398 g/mol. The molecule has 3 aromatic rings. The largest absolute Gasteiger partial charge is 0.508 e. The van der Waals surface area contributed by atoms with Gasteiger partial charge in [-0.05, 0) is 49.9 Å². The van der Waals surface area contributed by atoms with Crippen LogP contribution in [-0.2, 0) is 16.9 Å². The zero-order chi connectivity index (χ0) is 21.0. The maximum Gasteiger partial charge on any atom is 0.352 e. The predicted molar refractivity (Wildman–Crippen MR) is 110 cm³/mol. The summed E-state index contributed by atoms with van der Waals surface area (Å²) in [7, 11) is 0. The summed E-state index contributed by atoms with van der Waals surface area (Å²) in [6.45, 7) is 0.306. The van der Waals surface area contributed by atoms with Crippen LogP contribution < -0.4 is 16.1 Å². The van der Waals surface area contributed by atoms with Gasteiger partial charge in [-0.25, -0.2) is 23.5 Å². The molecule has 0 amide bonds. The molecule has 8 heteroatoms. The number of benzene rings is 2. The van der Waals surface area contributed by atoms with Crippen molar-refractivity contribution in [3.8, 4) is 17.2 Å². The third-order valence-corrected chi connectivity index (χ3v) is 7.47. The molecule has 1 saturated carbocycles. The number of para-hydroxylation sites is 1. The number of phenolic OH excluding ortho intramolecular Hbond substituents is 1. The minimum absolute atomic E-state index is 0.138. The van der Waals surface area contributed by atoms with Gasteiger partial charge in [0.2, 0.25) is 0 Å². The van der Waals surface area contributed by atoms with Gasteiger partial charge in [0.05, 0.1) is 12.2 Å². The fourth-order valence-electron chi connectivity index (χ4n) is 6.20. The number of hydrogen-bond donors (Lipinski definition) is 1.